The highest BCUT2D eigenvalue weighted by Crippen LogP contribution is 2.40. The van der Waals surface area contributed by atoms with Gasteiger partial charge in [0, 0.05) is 11.8 Å². The molecular weight excluding hydrogens is 153 g/mol. The molecule has 2 rings (SSSR count). The van der Waals surface area contributed by atoms with Crippen molar-refractivity contribution in [3.05, 3.63) is 0 Å². The second-order valence-corrected chi connectivity index (χ2v) is 4.48. The molecule has 2 aliphatic heterocycles. The Hall–Kier alpha value is 0.410. The molecule has 2 aliphatic rings. The predicted octanol–water partition coefficient (Wildman–Crippen LogP) is 0.493. The van der Waals surface area contributed by atoms with E-state index in [4.69, 9.17) is 0 Å². The Morgan fingerprint density at radius 3 is 2.89 bits per heavy atom. The zero-order valence-corrected chi connectivity index (χ0v) is 6.88. The fraction of sp³-hybridized carbons (Fsp3) is 0.800. The third-order valence-electron chi connectivity index (χ3n) is 1.86. The first-order valence-corrected chi connectivity index (χ1v) is 4.39. The lowest BCUT2D eigenvalue weighted by atomic mass is 10.2. The number of hydrogen-bond acceptors (Lipinski definition) is 3. The summed E-state index contributed by atoms with van der Waals surface area (Å²) < 4.78 is 2.07. The van der Waals surface area contributed by atoms with Crippen LogP contribution in [-0.2, 0) is 4.79 Å². The highest BCUT2D eigenvalue weighted by molar-refractivity contribution is 8.14. The first-order chi connectivity index (χ1) is 4.27. The van der Waals surface area contributed by atoms with Crippen molar-refractivity contribution < 1.29 is 4.79 Å². The van der Waals surface area contributed by atoms with Gasteiger partial charge in [0.05, 0.1) is 6.04 Å². The summed E-state index contributed by atoms with van der Waals surface area (Å²) in [7, 11) is 2.61. The molecule has 50 valence electrons. The van der Waals surface area contributed by atoms with Crippen molar-refractivity contribution in [1.82, 2.24) is 4.67 Å². The van der Waals surface area contributed by atoms with E-state index in [9.17, 15) is 4.79 Å². The molecule has 0 aromatic carbocycles. The molecule has 2 bridgehead atoms. The maximum absolute atomic E-state index is 11.0. The van der Waals surface area contributed by atoms with Crippen LogP contribution in [0.4, 0.5) is 0 Å². The van der Waals surface area contributed by atoms with Crippen LogP contribution in [0.15, 0.2) is 0 Å². The van der Waals surface area contributed by atoms with Gasteiger partial charge < -0.3 is 0 Å². The van der Waals surface area contributed by atoms with E-state index in [-0.39, 0.29) is 6.04 Å². The van der Waals surface area contributed by atoms with E-state index in [1.807, 2.05) is 0 Å². The normalized spacial score (nSPS) is 42.6. The van der Waals surface area contributed by atoms with Crippen LogP contribution in [0.25, 0.3) is 0 Å². The third kappa shape index (κ3) is 0.830. The number of carbonyl (C=O) groups is 1. The van der Waals surface area contributed by atoms with Crippen molar-refractivity contribution in [1.29, 1.82) is 0 Å². The Balaban J connectivity index is 2.21. The van der Waals surface area contributed by atoms with E-state index in [1.54, 1.807) is 0 Å². The van der Waals surface area contributed by atoms with Gasteiger partial charge >= 0.3 is 0 Å². The zero-order chi connectivity index (χ0) is 6.43. The summed E-state index contributed by atoms with van der Waals surface area (Å²) in [6.07, 6.45) is 1.08. The standard InChI is InChI=1S/C5H8NOPS/c7-5-4-1-3(9-5)2-6(4)8/h3-4H,1-2,8H2/t3-,4-/m0/s1. The third-order valence-corrected chi connectivity index (χ3v) is 3.61. The highest BCUT2D eigenvalue weighted by Gasteiger charge is 2.43. The summed E-state index contributed by atoms with van der Waals surface area (Å²) in [5.41, 5.74) is 0. The van der Waals surface area contributed by atoms with Gasteiger partial charge in [-0.1, -0.05) is 21.2 Å². The zero-order valence-electron chi connectivity index (χ0n) is 4.91. The van der Waals surface area contributed by atoms with Gasteiger partial charge in [0.1, 0.15) is 0 Å². The Labute approximate surface area is 60.6 Å². The van der Waals surface area contributed by atoms with Gasteiger partial charge in [-0.2, -0.15) is 0 Å². The Morgan fingerprint density at radius 2 is 2.56 bits per heavy atom. The molecule has 0 aliphatic carbocycles. The van der Waals surface area contributed by atoms with Crippen molar-refractivity contribution in [2.45, 2.75) is 17.7 Å². The molecule has 2 fully saturated rings. The van der Waals surface area contributed by atoms with Crippen molar-refractivity contribution in [2.24, 2.45) is 0 Å². The topological polar surface area (TPSA) is 20.3 Å². The Morgan fingerprint density at radius 1 is 1.78 bits per heavy atom. The molecule has 0 N–H and O–H groups in total. The predicted molar refractivity (Wildman–Crippen MR) is 41.2 cm³/mol. The summed E-state index contributed by atoms with van der Waals surface area (Å²) in [5, 5.41) is 0.959. The van der Waals surface area contributed by atoms with Crippen LogP contribution in [0.1, 0.15) is 6.42 Å². The molecule has 0 spiro atoms. The van der Waals surface area contributed by atoms with E-state index in [1.165, 1.54) is 11.8 Å². The molecule has 0 amide bonds. The molecule has 0 aromatic rings. The second kappa shape index (κ2) is 1.94. The van der Waals surface area contributed by atoms with Gasteiger partial charge in [-0.05, 0) is 6.42 Å². The number of fused-ring (bicyclic) bond motifs is 2. The molecule has 4 heteroatoms. The molecule has 2 saturated heterocycles. The van der Waals surface area contributed by atoms with Gasteiger partial charge in [0.25, 0.3) is 0 Å². The van der Waals surface area contributed by atoms with E-state index in [2.05, 4.69) is 14.1 Å². The first kappa shape index (κ1) is 6.14. The Kier molecular flexibility index (Phi) is 1.33. The van der Waals surface area contributed by atoms with Crippen LogP contribution in [0, 0.1) is 0 Å². The molecule has 0 radical (unpaired) electrons. The maximum atomic E-state index is 11.0. The second-order valence-electron chi connectivity index (χ2n) is 2.51. The summed E-state index contributed by atoms with van der Waals surface area (Å²) in [5.74, 6) is 0. The van der Waals surface area contributed by atoms with Gasteiger partial charge in [0.15, 0.2) is 0 Å². The summed E-state index contributed by atoms with van der Waals surface area (Å²) in [4.78, 5) is 11.0. The van der Waals surface area contributed by atoms with E-state index < -0.39 is 0 Å². The van der Waals surface area contributed by atoms with Crippen LogP contribution in [0.5, 0.6) is 0 Å². The number of carbonyl (C=O) groups excluding carboxylic acids is 1. The number of rotatable bonds is 0. The monoisotopic (exact) mass is 161 g/mol. The number of nitrogens with zero attached hydrogens (tertiary/aromatic N) is 1. The summed E-state index contributed by atoms with van der Waals surface area (Å²) >= 11 is 1.53. The lowest BCUT2D eigenvalue weighted by Crippen LogP contribution is -2.28. The van der Waals surface area contributed by atoms with Crippen LogP contribution < -0.4 is 0 Å². The molecule has 0 aromatic heterocycles. The van der Waals surface area contributed by atoms with Crippen molar-refractivity contribution in [3.63, 3.8) is 0 Å². The fourth-order valence-corrected chi connectivity index (χ4v) is 3.40. The molecule has 0 saturated carbocycles. The summed E-state index contributed by atoms with van der Waals surface area (Å²) in [6, 6.07) is 0.227. The van der Waals surface area contributed by atoms with Crippen LogP contribution in [0.3, 0.4) is 0 Å². The molecule has 9 heavy (non-hydrogen) atoms. The first-order valence-electron chi connectivity index (χ1n) is 2.99. The maximum Gasteiger partial charge on any atom is 0.206 e. The molecule has 3 atom stereocenters. The van der Waals surface area contributed by atoms with Crippen molar-refractivity contribution in [3.8, 4) is 0 Å². The van der Waals surface area contributed by atoms with Gasteiger partial charge in [-0.3, -0.25) is 9.46 Å². The van der Waals surface area contributed by atoms with Gasteiger partial charge in [-0.15, -0.1) is 0 Å². The number of hydrogen-bond donors (Lipinski definition) is 0. The van der Waals surface area contributed by atoms with E-state index in [0.717, 1.165) is 13.0 Å². The minimum Gasteiger partial charge on any atom is -0.285 e. The average molecular weight is 161 g/mol. The average Bonchev–Trinajstić information content (AvgIpc) is 2.22. The highest BCUT2D eigenvalue weighted by atomic mass is 32.2. The van der Waals surface area contributed by atoms with Crippen LogP contribution in [0.2, 0.25) is 0 Å². The van der Waals surface area contributed by atoms with Crippen LogP contribution in [-0.4, -0.2) is 27.6 Å². The van der Waals surface area contributed by atoms with Crippen molar-refractivity contribution in [2.75, 3.05) is 6.54 Å². The molecule has 2 nitrogen and oxygen atoms in total. The minimum atomic E-state index is 0.227. The molecular formula is C5H8NOPS. The number of thioether (sulfide) groups is 1. The molecule has 1 unspecified atom stereocenters. The van der Waals surface area contributed by atoms with Crippen molar-refractivity contribution >= 4 is 26.3 Å². The van der Waals surface area contributed by atoms with E-state index in [0.29, 0.717) is 10.4 Å². The SMILES string of the molecule is O=C1S[C@H]2C[C@@H]1N(P)C2. The Bertz CT molecular complexity index is 163. The lowest BCUT2D eigenvalue weighted by molar-refractivity contribution is -0.113. The van der Waals surface area contributed by atoms with Crippen LogP contribution >= 0.6 is 21.2 Å². The van der Waals surface area contributed by atoms with Gasteiger partial charge in [-0.25, -0.2) is 0 Å². The quantitative estimate of drug-likeness (QED) is 0.482. The summed E-state index contributed by atoms with van der Waals surface area (Å²) in [6.45, 7) is 1.08. The lowest BCUT2D eigenvalue weighted by Gasteiger charge is -2.18. The van der Waals surface area contributed by atoms with Gasteiger partial charge in [0.2, 0.25) is 5.12 Å². The van der Waals surface area contributed by atoms with E-state index >= 15 is 0 Å². The fourth-order valence-electron chi connectivity index (χ4n) is 1.38. The molecule has 2 heterocycles. The minimum absolute atomic E-state index is 0.227. The largest absolute Gasteiger partial charge is 0.285 e. The smallest absolute Gasteiger partial charge is 0.206 e.